The highest BCUT2D eigenvalue weighted by Crippen LogP contribution is 2.32. The predicted octanol–water partition coefficient (Wildman–Crippen LogP) is 2.69. The van der Waals surface area contributed by atoms with Crippen molar-refractivity contribution >= 4 is 17.5 Å². The maximum absolute atomic E-state index is 11.4. The number of nitrogens with one attached hydrogen (secondary N) is 1. The van der Waals surface area contributed by atoms with Gasteiger partial charge in [-0.15, -0.1) is 0 Å². The molecule has 2 saturated heterocycles. The van der Waals surface area contributed by atoms with Crippen LogP contribution in [0.15, 0.2) is 24.3 Å². The summed E-state index contributed by atoms with van der Waals surface area (Å²) in [7, 11) is 2.19. The quantitative estimate of drug-likeness (QED) is 0.922. The molecule has 1 N–H and O–H groups in total. The summed E-state index contributed by atoms with van der Waals surface area (Å²) < 4.78 is 0. The number of nitrogens with zero attached hydrogens (tertiary/aromatic N) is 2. The Labute approximate surface area is 143 Å². The van der Waals surface area contributed by atoms with Gasteiger partial charge in [0.25, 0.3) is 0 Å². The Bertz CT molecular complexity index is 540. The van der Waals surface area contributed by atoms with Gasteiger partial charge in [0.05, 0.1) is 0 Å². The molecule has 5 heteroatoms. The number of hydrogen-bond acceptors (Lipinski definition) is 3. The molecule has 2 aliphatic heterocycles. The SMILES string of the molecule is CC(=O)N1CCC(N[C@H]2CCN(C)[C@@H]2c2ccc(Cl)cc2)CC1. The number of carbonyl (C=O) groups is 1. The smallest absolute Gasteiger partial charge is 0.219 e. The summed E-state index contributed by atoms with van der Waals surface area (Å²) in [6, 6.07) is 9.62. The molecule has 1 amide bonds. The Kier molecular flexibility index (Phi) is 5.24. The minimum atomic E-state index is 0.197. The van der Waals surface area contributed by atoms with Crippen molar-refractivity contribution in [1.29, 1.82) is 0 Å². The van der Waals surface area contributed by atoms with Crippen LogP contribution < -0.4 is 5.32 Å². The number of rotatable bonds is 3. The number of benzene rings is 1. The number of halogens is 1. The highest BCUT2D eigenvalue weighted by Gasteiger charge is 2.34. The number of likely N-dealkylation sites (tertiary alicyclic amines) is 2. The highest BCUT2D eigenvalue weighted by atomic mass is 35.5. The van der Waals surface area contributed by atoms with Crippen LogP contribution in [0.3, 0.4) is 0 Å². The molecule has 0 bridgehead atoms. The first-order valence-electron chi connectivity index (χ1n) is 8.52. The fourth-order valence-electron chi connectivity index (χ4n) is 3.93. The molecule has 0 aliphatic carbocycles. The van der Waals surface area contributed by atoms with E-state index < -0.39 is 0 Å². The molecule has 2 fully saturated rings. The molecule has 1 aromatic carbocycles. The van der Waals surface area contributed by atoms with E-state index in [-0.39, 0.29) is 5.91 Å². The molecule has 4 nitrogen and oxygen atoms in total. The lowest BCUT2D eigenvalue weighted by Gasteiger charge is -2.35. The second kappa shape index (κ2) is 7.20. The number of piperidine rings is 1. The molecule has 0 unspecified atom stereocenters. The van der Waals surface area contributed by atoms with Gasteiger partial charge in [-0.1, -0.05) is 23.7 Å². The van der Waals surface area contributed by atoms with E-state index in [1.165, 1.54) is 5.56 Å². The lowest BCUT2D eigenvalue weighted by atomic mass is 9.97. The number of hydrogen-bond donors (Lipinski definition) is 1. The fourth-order valence-corrected chi connectivity index (χ4v) is 4.06. The third-order valence-corrected chi connectivity index (χ3v) is 5.50. The fraction of sp³-hybridized carbons (Fsp3) is 0.611. The molecule has 0 spiro atoms. The monoisotopic (exact) mass is 335 g/mol. The molecule has 23 heavy (non-hydrogen) atoms. The third kappa shape index (κ3) is 3.87. The van der Waals surface area contributed by atoms with Gasteiger partial charge in [-0.2, -0.15) is 0 Å². The van der Waals surface area contributed by atoms with Gasteiger partial charge in [0.15, 0.2) is 0 Å². The molecule has 126 valence electrons. The van der Waals surface area contributed by atoms with Crippen molar-refractivity contribution in [2.75, 3.05) is 26.7 Å². The molecular weight excluding hydrogens is 310 g/mol. The van der Waals surface area contributed by atoms with Crippen molar-refractivity contribution in [2.24, 2.45) is 0 Å². The molecule has 0 aromatic heterocycles. The molecule has 1 aromatic rings. The van der Waals surface area contributed by atoms with Gasteiger partial charge in [-0.3, -0.25) is 9.69 Å². The Balaban J connectivity index is 1.63. The lowest BCUT2D eigenvalue weighted by Crippen LogP contribution is -2.48. The third-order valence-electron chi connectivity index (χ3n) is 5.25. The van der Waals surface area contributed by atoms with Gasteiger partial charge in [-0.05, 0) is 44.0 Å². The average molecular weight is 336 g/mol. The van der Waals surface area contributed by atoms with Crippen LogP contribution in [0, 0.1) is 0 Å². The zero-order chi connectivity index (χ0) is 16.4. The molecule has 2 aliphatic rings. The van der Waals surface area contributed by atoms with E-state index in [2.05, 4.69) is 29.4 Å². The standard InChI is InChI=1S/C18H26ClN3O/c1-13(23)22-11-7-16(8-12-22)20-17-9-10-21(2)18(17)14-3-5-15(19)6-4-14/h3-6,16-18,20H,7-12H2,1-2H3/t17-,18+/m0/s1. The molecule has 2 heterocycles. The van der Waals surface area contributed by atoms with E-state index in [9.17, 15) is 4.79 Å². The maximum Gasteiger partial charge on any atom is 0.219 e. The van der Waals surface area contributed by atoms with Gasteiger partial charge >= 0.3 is 0 Å². The van der Waals surface area contributed by atoms with Gasteiger partial charge in [0, 0.05) is 49.7 Å². The van der Waals surface area contributed by atoms with Crippen LogP contribution in [-0.4, -0.2) is 54.5 Å². The van der Waals surface area contributed by atoms with Crippen molar-refractivity contribution in [3.63, 3.8) is 0 Å². The van der Waals surface area contributed by atoms with Crippen LogP contribution in [0.4, 0.5) is 0 Å². The minimum absolute atomic E-state index is 0.197. The summed E-state index contributed by atoms with van der Waals surface area (Å²) >= 11 is 6.02. The molecule has 0 saturated carbocycles. The van der Waals surface area contributed by atoms with Gasteiger partial charge in [0.2, 0.25) is 5.91 Å². The Morgan fingerprint density at radius 1 is 1.13 bits per heavy atom. The topological polar surface area (TPSA) is 35.6 Å². The number of carbonyl (C=O) groups excluding carboxylic acids is 1. The second-order valence-electron chi connectivity index (χ2n) is 6.82. The second-order valence-corrected chi connectivity index (χ2v) is 7.26. The largest absolute Gasteiger partial charge is 0.343 e. The van der Waals surface area contributed by atoms with Crippen molar-refractivity contribution in [3.05, 3.63) is 34.9 Å². The maximum atomic E-state index is 11.4. The van der Waals surface area contributed by atoms with Gasteiger partial charge in [-0.25, -0.2) is 0 Å². The lowest BCUT2D eigenvalue weighted by molar-refractivity contribution is -0.129. The predicted molar refractivity (Wildman–Crippen MR) is 93.6 cm³/mol. The Morgan fingerprint density at radius 3 is 2.39 bits per heavy atom. The summed E-state index contributed by atoms with van der Waals surface area (Å²) in [5, 5.41) is 4.65. The van der Waals surface area contributed by atoms with E-state index in [1.807, 2.05) is 17.0 Å². The number of likely N-dealkylation sites (N-methyl/N-ethyl adjacent to an activating group) is 1. The Hall–Kier alpha value is -1.10. The van der Waals surface area contributed by atoms with Crippen LogP contribution in [0.25, 0.3) is 0 Å². The van der Waals surface area contributed by atoms with Crippen molar-refractivity contribution < 1.29 is 4.79 Å². The zero-order valence-electron chi connectivity index (χ0n) is 14.0. The first-order chi connectivity index (χ1) is 11.0. The summed E-state index contributed by atoms with van der Waals surface area (Å²) in [5.41, 5.74) is 1.33. The van der Waals surface area contributed by atoms with Crippen LogP contribution in [0.1, 0.15) is 37.8 Å². The average Bonchev–Trinajstić information content (AvgIpc) is 2.89. The summed E-state index contributed by atoms with van der Waals surface area (Å²) in [4.78, 5) is 15.8. The minimum Gasteiger partial charge on any atom is -0.343 e. The van der Waals surface area contributed by atoms with E-state index in [0.29, 0.717) is 18.1 Å². The van der Waals surface area contributed by atoms with E-state index in [4.69, 9.17) is 11.6 Å². The van der Waals surface area contributed by atoms with Crippen LogP contribution in [0.2, 0.25) is 5.02 Å². The molecule has 0 radical (unpaired) electrons. The summed E-state index contributed by atoms with van der Waals surface area (Å²) in [6.45, 7) is 4.52. The Morgan fingerprint density at radius 2 is 1.78 bits per heavy atom. The highest BCUT2D eigenvalue weighted by molar-refractivity contribution is 6.30. The van der Waals surface area contributed by atoms with Crippen LogP contribution >= 0.6 is 11.6 Å². The van der Waals surface area contributed by atoms with Crippen molar-refractivity contribution in [1.82, 2.24) is 15.1 Å². The normalized spacial score (nSPS) is 26.7. The van der Waals surface area contributed by atoms with Gasteiger partial charge in [0.1, 0.15) is 0 Å². The van der Waals surface area contributed by atoms with Crippen molar-refractivity contribution in [2.45, 2.75) is 44.3 Å². The van der Waals surface area contributed by atoms with E-state index >= 15 is 0 Å². The number of amides is 1. The van der Waals surface area contributed by atoms with Crippen molar-refractivity contribution in [3.8, 4) is 0 Å². The first kappa shape index (κ1) is 16.7. The summed E-state index contributed by atoms with van der Waals surface area (Å²) in [5.74, 6) is 0.197. The molecular formula is C18H26ClN3O. The first-order valence-corrected chi connectivity index (χ1v) is 8.89. The molecule has 2 atom stereocenters. The molecule has 3 rings (SSSR count). The summed E-state index contributed by atoms with van der Waals surface area (Å²) in [6.07, 6.45) is 3.26. The van der Waals surface area contributed by atoms with E-state index in [1.54, 1.807) is 6.92 Å². The van der Waals surface area contributed by atoms with E-state index in [0.717, 1.165) is 43.9 Å². The van der Waals surface area contributed by atoms with Crippen LogP contribution in [0.5, 0.6) is 0 Å². The zero-order valence-corrected chi connectivity index (χ0v) is 14.7. The van der Waals surface area contributed by atoms with Gasteiger partial charge < -0.3 is 10.2 Å². The van der Waals surface area contributed by atoms with Crippen LogP contribution in [-0.2, 0) is 4.79 Å².